The molecule has 120 valence electrons. The van der Waals surface area contributed by atoms with Crippen LogP contribution in [-0.2, 0) is 19.4 Å². The molecule has 0 atom stereocenters. The summed E-state index contributed by atoms with van der Waals surface area (Å²) in [6.07, 6.45) is 3.67. The largest absolute Gasteiger partial charge is 0.493 e. The summed E-state index contributed by atoms with van der Waals surface area (Å²) >= 11 is 6.29. The lowest BCUT2D eigenvalue weighted by Crippen LogP contribution is -2.04. The van der Waals surface area contributed by atoms with E-state index in [4.69, 9.17) is 16.3 Å². The van der Waals surface area contributed by atoms with E-state index in [-0.39, 0.29) is 0 Å². The maximum atomic E-state index is 6.29. The molecule has 0 amide bonds. The lowest BCUT2D eigenvalue weighted by Gasteiger charge is -2.18. The van der Waals surface area contributed by atoms with Crippen LogP contribution >= 0.6 is 11.6 Å². The van der Waals surface area contributed by atoms with Crippen molar-refractivity contribution in [2.24, 2.45) is 0 Å². The second-order valence-corrected chi connectivity index (χ2v) is 6.07. The number of hydrogen-bond donors (Lipinski definition) is 0. The SMILES string of the molecule is CCOc1c(CCc2cn(CC)nn2)cc(Cl)cc1C(C)C. The van der Waals surface area contributed by atoms with Gasteiger partial charge in [0.15, 0.2) is 0 Å². The van der Waals surface area contributed by atoms with Crippen molar-refractivity contribution in [2.75, 3.05) is 6.61 Å². The van der Waals surface area contributed by atoms with Gasteiger partial charge in [0, 0.05) is 17.8 Å². The third kappa shape index (κ3) is 4.01. The van der Waals surface area contributed by atoms with Crippen LogP contribution in [0.25, 0.3) is 0 Å². The summed E-state index contributed by atoms with van der Waals surface area (Å²) in [4.78, 5) is 0. The van der Waals surface area contributed by atoms with E-state index < -0.39 is 0 Å². The van der Waals surface area contributed by atoms with Gasteiger partial charge in [0.25, 0.3) is 0 Å². The van der Waals surface area contributed by atoms with Gasteiger partial charge in [-0.25, -0.2) is 0 Å². The van der Waals surface area contributed by atoms with Crippen LogP contribution < -0.4 is 4.74 Å². The molecule has 0 N–H and O–H groups in total. The second-order valence-electron chi connectivity index (χ2n) is 5.64. The minimum Gasteiger partial charge on any atom is -0.493 e. The summed E-state index contributed by atoms with van der Waals surface area (Å²) in [5, 5.41) is 9.04. The van der Waals surface area contributed by atoms with Crippen LogP contribution in [0.4, 0.5) is 0 Å². The third-order valence-corrected chi connectivity index (χ3v) is 3.85. The number of aryl methyl sites for hydroxylation is 3. The monoisotopic (exact) mass is 321 g/mol. The molecular formula is C17H24ClN3O. The number of ether oxygens (including phenoxy) is 1. The number of halogens is 1. The fourth-order valence-electron chi connectivity index (χ4n) is 2.48. The van der Waals surface area contributed by atoms with E-state index in [0.717, 1.165) is 41.4 Å². The molecule has 1 heterocycles. The van der Waals surface area contributed by atoms with Crippen LogP contribution in [0.5, 0.6) is 5.75 Å². The van der Waals surface area contributed by atoms with Gasteiger partial charge in [0.05, 0.1) is 12.3 Å². The summed E-state index contributed by atoms with van der Waals surface area (Å²) in [6.45, 7) is 9.87. The standard InChI is InChI=1S/C17H24ClN3O/c1-5-21-11-15(19-20-21)8-7-13-9-14(18)10-16(12(3)4)17(13)22-6-2/h9-12H,5-8H2,1-4H3. The quantitative estimate of drug-likeness (QED) is 0.765. The molecule has 2 rings (SSSR count). The number of hydrogen-bond acceptors (Lipinski definition) is 3. The normalized spacial score (nSPS) is 11.2. The average molecular weight is 322 g/mol. The fraction of sp³-hybridized carbons (Fsp3) is 0.529. The van der Waals surface area contributed by atoms with Gasteiger partial charge in [-0.3, -0.25) is 4.68 Å². The Morgan fingerprint density at radius 1 is 1.23 bits per heavy atom. The first-order valence-corrected chi connectivity index (χ1v) is 8.27. The van der Waals surface area contributed by atoms with E-state index in [2.05, 4.69) is 31.1 Å². The van der Waals surface area contributed by atoms with Gasteiger partial charge in [-0.1, -0.05) is 30.7 Å². The molecule has 22 heavy (non-hydrogen) atoms. The summed E-state index contributed by atoms with van der Waals surface area (Å²) in [7, 11) is 0. The summed E-state index contributed by atoms with van der Waals surface area (Å²) in [6, 6.07) is 4.01. The highest BCUT2D eigenvalue weighted by atomic mass is 35.5. The highest BCUT2D eigenvalue weighted by molar-refractivity contribution is 6.30. The van der Waals surface area contributed by atoms with Gasteiger partial charge in [0.1, 0.15) is 5.75 Å². The minimum atomic E-state index is 0.375. The molecule has 0 aliphatic heterocycles. The van der Waals surface area contributed by atoms with E-state index in [1.807, 2.05) is 29.9 Å². The Labute approximate surface area is 137 Å². The van der Waals surface area contributed by atoms with Crippen molar-refractivity contribution in [2.45, 2.75) is 53.0 Å². The van der Waals surface area contributed by atoms with Crippen molar-refractivity contribution in [1.82, 2.24) is 15.0 Å². The zero-order chi connectivity index (χ0) is 16.1. The lowest BCUT2D eigenvalue weighted by atomic mass is 9.96. The Bertz CT molecular complexity index is 622. The minimum absolute atomic E-state index is 0.375. The predicted octanol–water partition coefficient (Wildman–Crippen LogP) is 4.26. The topological polar surface area (TPSA) is 39.9 Å². The molecule has 1 aromatic carbocycles. The van der Waals surface area contributed by atoms with Crippen molar-refractivity contribution in [3.05, 3.63) is 40.2 Å². The van der Waals surface area contributed by atoms with Crippen LogP contribution in [0.1, 0.15) is 50.4 Å². The number of rotatable bonds is 7. The Morgan fingerprint density at radius 2 is 2.00 bits per heavy atom. The molecule has 0 spiro atoms. The van der Waals surface area contributed by atoms with Crippen molar-refractivity contribution >= 4 is 11.6 Å². The molecule has 4 nitrogen and oxygen atoms in total. The molecule has 0 fully saturated rings. The average Bonchev–Trinajstić information content (AvgIpc) is 2.95. The van der Waals surface area contributed by atoms with Crippen LogP contribution in [0.2, 0.25) is 5.02 Å². The Hall–Kier alpha value is -1.55. The van der Waals surface area contributed by atoms with Gasteiger partial charge < -0.3 is 4.74 Å². The Morgan fingerprint density at radius 3 is 2.59 bits per heavy atom. The van der Waals surface area contributed by atoms with Crippen molar-refractivity contribution in [1.29, 1.82) is 0 Å². The molecule has 0 bridgehead atoms. The molecule has 0 radical (unpaired) electrons. The third-order valence-electron chi connectivity index (χ3n) is 3.63. The van der Waals surface area contributed by atoms with Crippen LogP contribution in [0, 0.1) is 0 Å². The van der Waals surface area contributed by atoms with E-state index >= 15 is 0 Å². The zero-order valence-electron chi connectivity index (χ0n) is 13.8. The van der Waals surface area contributed by atoms with E-state index in [9.17, 15) is 0 Å². The summed E-state index contributed by atoms with van der Waals surface area (Å²) < 4.78 is 7.74. The first-order chi connectivity index (χ1) is 10.5. The second kappa shape index (κ2) is 7.63. The summed E-state index contributed by atoms with van der Waals surface area (Å²) in [5.41, 5.74) is 3.31. The maximum Gasteiger partial charge on any atom is 0.126 e. The fourth-order valence-corrected chi connectivity index (χ4v) is 2.73. The molecule has 0 unspecified atom stereocenters. The summed E-state index contributed by atoms with van der Waals surface area (Å²) in [5.74, 6) is 1.35. The molecule has 2 aromatic rings. The van der Waals surface area contributed by atoms with Crippen molar-refractivity contribution in [3.63, 3.8) is 0 Å². The first-order valence-electron chi connectivity index (χ1n) is 7.89. The van der Waals surface area contributed by atoms with E-state index in [1.165, 1.54) is 5.56 Å². The lowest BCUT2D eigenvalue weighted by molar-refractivity contribution is 0.331. The molecule has 0 saturated heterocycles. The van der Waals surface area contributed by atoms with Crippen molar-refractivity contribution < 1.29 is 4.74 Å². The highest BCUT2D eigenvalue weighted by Gasteiger charge is 2.15. The van der Waals surface area contributed by atoms with Gasteiger partial charge in [0.2, 0.25) is 0 Å². The number of aromatic nitrogens is 3. The number of nitrogens with zero attached hydrogens (tertiary/aromatic N) is 3. The van der Waals surface area contributed by atoms with Gasteiger partial charge in [-0.05, 0) is 55.9 Å². The van der Waals surface area contributed by atoms with Gasteiger partial charge >= 0.3 is 0 Å². The van der Waals surface area contributed by atoms with Gasteiger partial charge in [-0.15, -0.1) is 5.10 Å². The molecular weight excluding hydrogens is 298 g/mol. The first kappa shape index (κ1) is 16.8. The van der Waals surface area contributed by atoms with Crippen LogP contribution in [0.15, 0.2) is 18.3 Å². The molecule has 0 aliphatic rings. The Kier molecular flexibility index (Phi) is 5.83. The van der Waals surface area contributed by atoms with Crippen LogP contribution in [0.3, 0.4) is 0 Å². The highest BCUT2D eigenvalue weighted by Crippen LogP contribution is 2.34. The molecule has 5 heteroatoms. The maximum absolute atomic E-state index is 6.29. The molecule has 0 aliphatic carbocycles. The zero-order valence-corrected chi connectivity index (χ0v) is 14.5. The van der Waals surface area contributed by atoms with Crippen molar-refractivity contribution in [3.8, 4) is 5.75 Å². The van der Waals surface area contributed by atoms with E-state index in [1.54, 1.807) is 0 Å². The predicted molar refractivity (Wildman–Crippen MR) is 89.8 cm³/mol. The smallest absolute Gasteiger partial charge is 0.126 e. The Balaban J connectivity index is 2.24. The number of benzene rings is 1. The van der Waals surface area contributed by atoms with Crippen LogP contribution in [-0.4, -0.2) is 21.6 Å². The van der Waals surface area contributed by atoms with Gasteiger partial charge in [-0.2, -0.15) is 0 Å². The van der Waals surface area contributed by atoms with E-state index in [0.29, 0.717) is 12.5 Å². The molecule has 1 aromatic heterocycles. The molecule has 0 saturated carbocycles.